The van der Waals surface area contributed by atoms with Crippen LogP contribution in [0, 0.1) is 0 Å². The van der Waals surface area contributed by atoms with E-state index in [0.717, 1.165) is 10.2 Å². The minimum absolute atomic E-state index is 0.424. The van der Waals surface area contributed by atoms with Gasteiger partial charge in [-0.1, -0.05) is 22.5 Å². The van der Waals surface area contributed by atoms with E-state index in [1.54, 1.807) is 6.92 Å². The molecule has 1 N–H and O–H groups in total. The number of halogens is 1. The predicted molar refractivity (Wildman–Crippen MR) is 53.1 cm³/mol. The number of allylic oxidation sites excluding steroid dienone is 1. The summed E-state index contributed by atoms with van der Waals surface area (Å²) < 4.78 is 2.86. The van der Waals surface area contributed by atoms with Gasteiger partial charge in [0.2, 0.25) is 0 Å². The number of rotatable bonds is 3. The Kier molecular flexibility index (Phi) is 3.12. The summed E-state index contributed by atoms with van der Waals surface area (Å²) in [4.78, 5) is 0. The summed E-state index contributed by atoms with van der Waals surface area (Å²) in [6.45, 7) is 6.20. The highest BCUT2D eigenvalue weighted by molar-refractivity contribution is 9.11. The van der Waals surface area contributed by atoms with Gasteiger partial charge in [0.15, 0.2) is 0 Å². The molecule has 3 heteroatoms. The number of hydrogen-bond acceptors (Lipinski definition) is 1. The minimum Gasteiger partial charge on any atom is -0.387 e. The van der Waals surface area contributed by atoms with Crippen LogP contribution < -0.4 is 0 Å². The average Bonchev–Trinajstić information content (AvgIpc) is 2.33. The fraction of sp³-hybridized carbons (Fsp3) is 0.333. The van der Waals surface area contributed by atoms with E-state index in [0.29, 0.717) is 6.54 Å². The van der Waals surface area contributed by atoms with Gasteiger partial charge in [0.1, 0.15) is 0 Å². The third-order valence-electron chi connectivity index (χ3n) is 1.63. The zero-order chi connectivity index (χ0) is 9.14. The normalized spacial score (nSPS) is 12.9. The fourth-order valence-corrected chi connectivity index (χ4v) is 1.41. The monoisotopic (exact) mass is 229 g/mol. The Bertz CT molecular complexity index is 278. The van der Waals surface area contributed by atoms with Crippen molar-refractivity contribution in [2.24, 2.45) is 0 Å². The molecule has 2 nitrogen and oxygen atoms in total. The molecule has 1 aromatic heterocycles. The lowest BCUT2D eigenvalue weighted by Gasteiger charge is -2.09. The van der Waals surface area contributed by atoms with Crippen molar-refractivity contribution in [2.75, 3.05) is 0 Å². The molecule has 0 aromatic carbocycles. The Morgan fingerprint density at radius 3 is 3.00 bits per heavy atom. The van der Waals surface area contributed by atoms with Crippen molar-refractivity contribution >= 4 is 15.9 Å². The maximum absolute atomic E-state index is 9.34. The summed E-state index contributed by atoms with van der Waals surface area (Å²) in [6, 6.07) is 3.82. The molecule has 1 atom stereocenters. The van der Waals surface area contributed by atoms with E-state index in [-0.39, 0.29) is 0 Å². The van der Waals surface area contributed by atoms with Crippen LogP contribution in [0.3, 0.4) is 0 Å². The second-order valence-electron chi connectivity index (χ2n) is 2.75. The molecule has 0 spiro atoms. The zero-order valence-corrected chi connectivity index (χ0v) is 8.58. The molecule has 12 heavy (non-hydrogen) atoms. The van der Waals surface area contributed by atoms with Crippen molar-refractivity contribution in [3.05, 3.63) is 35.1 Å². The molecule has 66 valence electrons. The summed E-state index contributed by atoms with van der Waals surface area (Å²) in [5.41, 5.74) is 0.913. The van der Waals surface area contributed by atoms with Crippen molar-refractivity contribution in [1.82, 2.24) is 4.57 Å². The average molecular weight is 230 g/mol. The molecule has 1 heterocycles. The summed E-state index contributed by atoms with van der Waals surface area (Å²) >= 11 is 3.28. The lowest BCUT2D eigenvalue weighted by molar-refractivity contribution is 0.190. The van der Waals surface area contributed by atoms with Gasteiger partial charge in [-0.25, -0.2) is 0 Å². The second-order valence-corrected chi connectivity index (χ2v) is 3.88. The van der Waals surface area contributed by atoms with Gasteiger partial charge in [0.25, 0.3) is 0 Å². The van der Waals surface area contributed by atoms with Crippen LogP contribution in [0.1, 0.15) is 18.7 Å². The Balaban J connectivity index is 2.84. The van der Waals surface area contributed by atoms with Gasteiger partial charge in [0, 0.05) is 16.4 Å². The molecule has 0 saturated heterocycles. The molecule has 1 unspecified atom stereocenters. The molecule has 0 fully saturated rings. The predicted octanol–water partition coefficient (Wildman–Crippen LogP) is 2.45. The van der Waals surface area contributed by atoms with Gasteiger partial charge in [-0.15, -0.1) is 0 Å². The maximum atomic E-state index is 9.34. The Labute approximate surface area is 80.6 Å². The van der Waals surface area contributed by atoms with E-state index in [4.69, 9.17) is 0 Å². The first-order valence-electron chi connectivity index (χ1n) is 3.77. The Hall–Kier alpha value is -0.540. The number of nitrogens with zero attached hydrogens (tertiary/aromatic N) is 1. The van der Waals surface area contributed by atoms with Gasteiger partial charge in [-0.2, -0.15) is 0 Å². The van der Waals surface area contributed by atoms with Gasteiger partial charge >= 0.3 is 0 Å². The minimum atomic E-state index is -0.424. The molecule has 1 aromatic rings. The van der Waals surface area contributed by atoms with Crippen molar-refractivity contribution in [3.8, 4) is 0 Å². The third kappa shape index (κ3) is 2.22. The summed E-state index contributed by atoms with van der Waals surface area (Å²) in [7, 11) is 0. The lowest BCUT2D eigenvalue weighted by Crippen LogP contribution is -2.04. The van der Waals surface area contributed by atoms with Crippen LogP contribution in [0.15, 0.2) is 29.4 Å². The van der Waals surface area contributed by atoms with Crippen LogP contribution >= 0.6 is 15.9 Å². The van der Waals surface area contributed by atoms with Gasteiger partial charge in [-0.05, 0) is 19.1 Å². The molecule has 0 amide bonds. The van der Waals surface area contributed by atoms with E-state index in [9.17, 15) is 5.11 Å². The number of aliphatic hydroxyl groups is 1. The number of aliphatic hydroxyl groups excluding tert-OH is 1. The molecule has 0 radical (unpaired) electrons. The zero-order valence-electron chi connectivity index (χ0n) is 7.00. The summed E-state index contributed by atoms with van der Waals surface area (Å²) in [6.07, 6.45) is 1.50. The second kappa shape index (κ2) is 3.92. The van der Waals surface area contributed by atoms with Crippen LogP contribution in [-0.4, -0.2) is 9.67 Å². The van der Waals surface area contributed by atoms with E-state index in [1.807, 2.05) is 22.9 Å². The van der Waals surface area contributed by atoms with Crippen molar-refractivity contribution in [3.63, 3.8) is 0 Å². The first kappa shape index (κ1) is 9.55. The van der Waals surface area contributed by atoms with Gasteiger partial charge in [0.05, 0.1) is 12.6 Å². The lowest BCUT2D eigenvalue weighted by atomic mass is 10.3. The maximum Gasteiger partial charge on any atom is 0.0911 e. The Morgan fingerprint density at radius 1 is 1.83 bits per heavy atom. The molecule has 0 aliphatic carbocycles. The quantitative estimate of drug-likeness (QED) is 0.847. The highest BCUT2D eigenvalue weighted by atomic mass is 79.9. The van der Waals surface area contributed by atoms with E-state index >= 15 is 0 Å². The van der Waals surface area contributed by atoms with Crippen molar-refractivity contribution in [2.45, 2.75) is 19.6 Å². The van der Waals surface area contributed by atoms with Crippen LogP contribution in [0.25, 0.3) is 0 Å². The Morgan fingerprint density at radius 2 is 2.50 bits per heavy atom. The largest absolute Gasteiger partial charge is 0.387 e. The third-order valence-corrected chi connectivity index (χ3v) is 1.89. The van der Waals surface area contributed by atoms with E-state index in [2.05, 4.69) is 22.5 Å². The molecular weight excluding hydrogens is 218 g/mol. The molecule has 1 rings (SSSR count). The molecule has 0 aliphatic rings. The highest BCUT2D eigenvalue weighted by Gasteiger charge is 2.05. The van der Waals surface area contributed by atoms with Gasteiger partial charge in [-0.3, -0.25) is 0 Å². The summed E-state index contributed by atoms with van der Waals surface area (Å²) in [5, 5.41) is 9.34. The first-order valence-corrected chi connectivity index (χ1v) is 4.57. The van der Waals surface area contributed by atoms with Crippen molar-refractivity contribution < 1.29 is 5.11 Å². The molecular formula is C9H12BrNO. The molecule has 0 saturated carbocycles. The highest BCUT2D eigenvalue weighted by Crippen LogP contribution is 2.15. The topological polar surface area (TPSA) is 25.2 Å². The summed E-state index contributed by atoms with van der Waals surface area (Å²) in [5.74, 6) is 0. The first-order chi connectivity index (χ1) is 5.61. The fourth-order valence-electron chi connectivity index (χ4n) is 1.14. The smallest absolute Gasteiger partial charge is 0.0911 e. The van der Waals surface area contributed by atoms with E-state index < -0.39 is 6.10 Å². The number of hydrogen-bond donors (Lipinski definition) is 1. The van der Waals surface area contributed by atoms with Crippen LogP contribution in [0.2, 0.25) is 0 Å². The SMILES string of the molecule is C=C(Br)Cn1cccc1C(C)O. The molecule has 0 bridgehead atoms. The van der Waals surface area contributed by atoms with Crippen LogP contribution in [0.4, 0.5) is 0 Å². The van der Waals surface area contributed by atoms with Gasteiger partial charge < -0.3 is 9.67 Å². The standard InChI is InChI=1S/C9H12BrNO/c1-7(10)6-11-5-3-4-9(11)8(2)12/h3-5,8,12H,1,6H2,2H3. The van der Waals surface area contributed by atoms with E-state index in [1.165, 1.54) is 0 Å². The van der Waals surface area contributed by atoms with Crippen molar-refractivity contribution in [1.29, 1.82) is 0 Å². The number of aromatic nitrogens is 1. The van der Waals surface area contributed by atoms with Crippen LogP contribution in [0.5, 0.6) is 0 Å². The van der Waals surface area contributed by atoms with Crippen LogP contribution in [-0.2, 0) is 6.54 Å². The molecule has 0 aliphatic heterocycles.